The molecule has 0 heterocycles. The van der Waals surface area contributed by atoms with Gasteiger partial charge in [-0.15, -0.1) is 0 Å². The van der Waals surface area contributed by atoms with Crippen molar-refractivity contribution >= 4 is 0 Å². The first-order valence-corrected chi connectivity index (χ1v) is 6.09. The van der Waals surface area contributed by atoms with Crippen molar-refractivity contribution in [1.29, 1.82) is 0 Å². The predicted molar refractivity (Wildman–Crippen MR) is 70.6 cm³/mol. The van der Waals surface area contributed by atoms with Gasteiger partial charge in [-0.1, -0.05) is 12.1 Å². The van der Waals surface area contributed by atoms with Crippen molar-refractivity contribution in [3.05, 3.63) is 29.8 Å². The summed E-state index contributed by atoms with van der Waals surface area (Å²) < 4.78 is 10.9. The van der Waals surface area contributed by atoms with Crippen molar-refractivity contribution in [1.82, 2.24) is 5.32 Å². The van der Waals surface area contributed by atoms with Crippen LogP contribution in [0.5, 0.6) is 5.75 Å². The SMILES string of the molecule is CNC(C)C(C)Oc1ccc(CCOC)cc1. The fraction of sp³-hybridized carbons (Fsp3) is 0.571. The van der Waals surface area contributed by atoms with Crippen LogP contribution in [0.25, 0.3) is 0 Å². The number of rotatable bonds is 7. The second kappa shape index (κ2) is 7.30. The maximum Gasteiger partial charge on any atom is 0.119 e. The summed E-state index contributed by atoms with van der Waals surface area (Å²) in [6.45, 7) is 4.94. The minimum absolute atomic E-state index is 0.157. The van der Waals surface area contributed by atoms with Gasteiger partial charge in [0.1, 0.15) is 11.9 Å². The first-order valence-electron chi connectivity index (χ1n) is 6.09. The first kappa shape index (κ1) is 14.0. The Morgan fingerprint density at radius 1 is 1.18 bits per heavy atom. The Morgan fingerprint density at radius 2 is 1.82 bits per heavy atom. The van der Waals surface area contributed by atoms with Crippen molar-refractivity contribution in [3.63, 3.8) is 0 Å². The molecule has 0 saturated heterocycles. The molecule has 3 nitrogen and oxygen atoms in total. The van der Waals surface area contributed by atoms with Crippen LogP contribution in [-0.2, 0) is 11.2 Å². The molecule has 2 atom stereocenters. The second-order valence-electron chi connectivity index (χ2n) is 4.29. The number of nitrogens with one attached hydrogen (secondary N) is 1. The van der Waals surface area contributed by atoms with E-state index in [0.29, 0.717) is 6.04 Å². The van der Waals surface area contributed by atoms with E-state index in [0.717, 1.165) is 18.8 Å². The van der Waals surface area contributed by atoms with Crippen molar-refractivity contribution in [2.75, 3.05) is 20.8 Å². The van der Waals surface area contributed by atoms with Gasteiger partial charge in [-0.3, -0.25) is 0 Å². The van der Waals surface area contributed by atoms with Crippen LogP contribution < -0.4 is 10.1 Å². The van der Waals surface area contributed by atoms with Gasteiger partial charge in [0.2, 0.25) is 0 Å². The Balaban J connectivity index is 2.50. The van der Waals surface area contributed by atoms with E-state index in [-0.39, 0.29) is 6.10 Å². The Kier molecular flexibility index (Phi) is 6.01. The molecular weight excluding hydrogens is 214 g/mol. The normalized spacial score (nSPS) is 14.4. The highest BCUT2D eigenvalue weighted by molar-refractivity contribution is 5.27. The van der Waals surface area contributed by atoms with Crippen LogP contribution in [0.2, 0.25) is 0 Å². The minimum Gasteiger partial charge on any atom is -0.489 e. The standard InChI is InChI=1S/C14H23NO2/c1-11(15-3)12(2)17-14-7-5-13(6-8-14)9-10-16-4/h5-8,11-12,15H,9-10H2,1-4H3. The number of methoxy groups -OCH3 is 1. The van der Waals surface area contributed by atoms with Gasteiger partial charge in [-0.2, -0.15) is 0 Å². The maximum atomic E-state index is 5.83. The molecule has 0 spiro atoms. The highest BCUT2D eigenvalue weighted by Gasteiger charge is 2.11. The van der Waals surface area contributed by atoms with Crippen molar-refractivity contribution in [2.45, 2.75) is 32.4 Å². The molecule has 0 fully saturated rings. The van der Waals surface area contributed by atoms with Gasteiger partial charge in [-0.25, -0.2) is 0 Å². The van der Waals surface area contributed by atoms with Gasteiger partial charge in [0.15, 0.2) is 0 Å². The Morgan fingerprint density at radius 3 is 2.35 bits per heavy atom. The fourth-order valence-electron chi connectivity index (χ4n) is 1.51. The molecule has 0 aliphatic rings. The second-order valence-corrected chi connectivity index (χ2v) is 4.29. The van der Waals surface area contributed by atoms with Gasteiger partial charge >= 0.3 is 0 Å². The summed E-state index contributed by atoms with van der Waals surface area (Å²) in [6.07, 6.45) is 1.10. The third kappa shape index (κ3) is 4.75. The summed E-state index contributed by atoms with van der Waals surface area (Å²) in [6, 6.07) is 8.55. The zero-order valence-corrected chi connectivity index (χ0v) is 11.2. The summed E-state index contributed by atoms with van der Waals surface area (Å²) in [5.41, 5.74) is 1.27. The monoisotopic (exact) mass is 237 g/mol. The molecular formula is C14H23NO2. The molecule has 2 unspecified atom stereocenters. The fourth-order valence-corrected chi connectivity index (χ4v) is 1.51. The highest BCUT2D eigenvalue weighted by Crippen LogP contribution is 2.15. The van der Waals surface area contributed by atoms with Crippen molar-refractivity contribution in [2.24, 2.45) is 0 Å². The van der Waals surface area contributed by atoms with E-state index < -0.39 is 0 Å². The predicted octanol–water partition coefficient (Wildman–Crippen LogP) is 2.25. The van der Waals surface area contributed by atoms with Crippen LogP contribution in [0, 0.1) is 0 Å². The number of ether oxygens (including phenoxy) is 2. The number of benzene rings is 1. The summed E-state index contributed by atoms with van der Waals surface area (Å²) in [7, 11) is 3.66. The van der Waals surface area contributed by atoms with Crippen LogP contribution >= 0.6 is 0 Å². The molecule has 0 aliphatic carbocycles. The molecule has 1 aromatic carbocycles. The lowest BCUT2D eigenvalue weighted by Gasteiger charge is -2.21. The summed E-state index contributed by atoms with van der Waals surface area (Å²) in [5, 5.41) is 3.18. The van der Waals surface area contributed by atoms with E-state index in [2.05, 4.69) is 31.3 Å². The molecule has 0 bridgehead atoms. The molecule has 0 amide bonds. The molecule has 0 saturated carbocycles. The quantitative estimate of drug-likeness (QED) is 0.789. The molecule has 96 valence electrons. The van der Waals surface area contributed by atoms with E-state index in [4.69, 9.17) is 9.47 Å². The van der Waals surface area contributed by atoms with Gasteiger partial charge in [-0.05, 0) is 45.0 Å². The maximum absolute atomic E-state index is 5.83. The van der Waals surface area contributed by atoms with Crippen LogP contribution in [0.1, 0.15) is 19.4 Å². The third-order valence-electron chi connectivity index (χ3n) is 3.00. The molecule has 1 N–H and O–H groups in total. The van der Waals surface area contributed by atoms with Crippen molar-refractivity contribution in [3.8, 4) is 5.75 Å². The molecule has 0 radical (unpaired) electrons. The summed E-state index contributed by atoms with van der Waals surface area (Å²) in [5.74, 6) is 0.917. The lowest BCUT2D eigenvalue weighted by atomic mass is 10.1. The number of hydrogen-bond donors (Lipinski definition) is 1. The highest BCUT2D eigenvalue weighted by atomic mass is 16.5. The summed E-state index contributed by atoms with van der Waals surface area (Å²) >= 11 is 0. The van der Waals surface area contributed by atoms with E-state index in [1.807, 2.05) is 19.2 Å². The molecule has 0 aromatic heterocycles. The zero-order chi connectivity index (χ0) is 12.7. The van der Waals surface area contributed by atoms with Crippen LogP contribution in [0.3, 0.4) is 0 Å². The van der Waals surface area contributed by atoms with E-state index in [1.54, 1.807) is 7.11 Å². The Hall–Kier alpha value is -1.06. The average molecular weight is 237 g/mol. The minimum atomic E-state index is 0.157. The van der Waals surface area contributed by atoms with E-state index in [1.165, 1.54) is 5.56 Å². The van der Waals surface area contributed by atoms with Gasteiger partial charge < -0.3 is 14.8 Å². The van der Waals surface area contributed by atoms with Crippen LogP contribution in [0.15, 0.2) is 24.3 Å². The largest absolute Gasteiger partial charge is 0.489 e. The smallest absolute Gasteiger partial charge is 0.119 e. The lowest BCUT2D eigenvalue weighted by molar-refractivity contribution is 0.182. The average Bonchev–Trinajstić information content (AvgIpc) is 2.37. The molecule has 3 heteroatoms. The van der Waals surface area contributed by atoms with Gasteiger partial charge in [0.05, 0.1) is 6.61 Å². The molecule has 1 rings (SSSR count). The Bertz CT molecular complexity index is 311. The van der Waals surface area contributed by atoms with Gasteiger partial charge in [0.25, 0.3) is 0 Å². The first-order chi connectivity index (χ1) is 8.17. The van der Waals surface area contributed by atoms with E-state index >= 15 is 0 Å². The molecule has 1 aromatic rings. The van der Waals surface area contributed by atoms with Crippen LogP contribution in [-0.4, -0.2) is 32.9 Å². The van der Waals surface area contributed by atoms with E-state index in [9.17, 15) is 0 Å². The topological polar surface area (TPSA) is 30.5 Å². The summed E-state index contributed by atoms with van der Waals surface area (Å²) in [4.78, 5) is 0. The Labute approximate surface area is 104 Å². The lowest BCUT2D eigenvalue weighted by Crippen LogP contribution is -2.36. The number of hydrogen-bond acceptors (Lipinski definition) is 3. The molecule has 17 heavy (non-hydrogen) atoms. The zero-order valence-electron chi connectivity index (χ0n) is 11.2. The van der Waals surface area contributed by atoms with Crippen molar-refractivity contribution < 1.29 is 9.47 Å². The van der Waals surface area contributed by atoms with Gasteiger partial charge in [0, 0.05) is 13.2 Å². The number of likely N-dealkylation sites (N-methyl/N-ethyl adjacent to an activating group) is 1. The molecule has 0 aliphatic heterocycles. The third-order valence-corrected chi connectivity index (χ3v) is 3.00. The van der Waals surface area contributed by atoms with Crippen LogP contribution in [0.4, 0.5) is 0 Å².